The molecule has 2 saturated heterocycles. The molecule has 0 saturated carbocycles. The molecule has 2 aromatic rings. The molecule has 2 aliphatic rings. The van der Waals surface area contributed by atoms with E-state index in [1.807, 2.05) is 43.8 Å². The van der Waals surface area contributed by atoms with Crippen molar-refractivity contribution in [3.05, 3.63) is 23.4 Å². The number of morpholine rings is 1. The minimum absolute atomic E-state index is 0.135. The fraction of sp³-hybridized carbons (Fsp3) is 0.579. The molecular weight excluding hydrogens is 368 g/mol. The number of carbonyl (C=O) groups is 1. The fourth-order valence-electron chi connectivity index (χ4n) is 3.54. The third kappa shape index (κ3) is 3.71. The minimum Gasteiger partial charge on any atom is -0.444 e. The average molecular weight is 393 g/mol. The second-order valence-electron chi connectivity index (χ2n) is 8.09. The average Bonchev–Trinajstić information content (AvgIpc) is 2.95. The number of hydrogen-bond acceptors (Lipinski definition) is 5. The van der Waals surface area contributed by atoms with Crippen LogP contribution >= 0.6 is 11.6 Å². The number of ether oxygens (including phenoxy) is 2. The van der Waals surface area contributed by atoms with Gasteiger partial charge in [0.15, 0.2) is 0 Å². The van der Waals surface area contributed by atoms with Crippen molar-refractivity contribution in [3.63, 3.8) is 0 Å². The Kier molecular flexibility index (Phi) is 4.68. The normalized spacial score (nSPS) is 18.7. The Labute approximate surface area is 163 Å². The largest absolute Gasteiger partial charge is 0.444 e. The minimum atomic E-state index is -0.485. The lowest BCUT2D eigenvalue weighted by Gasteiger charge is -2.40. The highest BCUT2D eigenvalue weighted by molar-refractivity contribution is 6.31. The van der Waals surface area contributed by atoms with E-state index in [9.17, 15) is 4.79 Å². The lowest BCUT2D eigenvalue weighted by Crippen LogP contribution is -2.52. The molecule has 0 bridgehead atoms. The molecular formula is C19H25ClN4O3. The molecule has 0 spiro atoms. The van der Waals surface area contributed by atoms with E-state index in [1.165, 1.54) is 0 Å². The van der Waals surface area contributed by atoms with Gasteiger partial charge in [-0.05, 0) is 32.9 Å². The van der Waals surface area contributed by atoms with Crippen molar-refractivity contribution in [1.82, 2.24) is 14.7 Å². The zero-order valence-electron chi connectivity index (χ0n) is 15.9. The summed E-state index contributed by atoms with van der Waals surface area (Å²) in [7, 11) is 0. The standard InChI is InChI=1S/C19H25ClN4O3/c1-19(2,3)27-18(25)23-11-15(12-23)24-17-13(10-21-24)8-14(20)9-16(17)22-4-6-26-7-5-22/h8-10,15H,4-7,11-12H2,1-3H3. The number of benzene rings is 1. The number of anilines is 1. The molecule has 8 heteroatoms. The Bertz CT molecular complexity index is 848. The van der Waals surface area contributed by atoms with Crippen molar-refractivity contribution in [2.24, 2.45) is 0 Å². The number of rotatable bonds is 2. The highest BCUT2D eigenvalue weighted by Gasteiger charge is 2.36. The van der Waals surface area contributed by atoms with Gasteiger partial charge in [-0.15, -0.1) is 0 Å². The molecule has 0 unspecified atom stereocenters. The Balaban J connectivity index is 1.58. The molecule has 4 rings (SSSR count). The van der Waals surface area contributed by atoms with Crippen molar-refractivity contribution in [3.8, 4) is 0 Å². The van der Waals surface area contributed by atoms with Crippen LogP contribution in [0, 0.1) is 0 Å². The van der Waals surface area contributed by atoms with Crippen LogP contribution in [-0.2, 0) is 9.47 Å². The van der Waals surface area contributed by atoms with Crippen LogP contribution in [0.1, 0.15) is 26.8 Å². The number of aromatic nitrogens is 2. The molecule has 1 aromatic heterocycles. The summed E-state index contributed by atoms with van der Waals surface area (Å²) < 4.78 is 13.0. The molecule has 1 aromatic carbocycles. The van der Waals surface area contributed by atoms with Crippen LogP contribution < -0.4 is 4.90 Å². The van der Waals surface area contributed by atoms with Crippen molar-refractivity contribution >= 4 is 34.3 Å². The van der Waals surface area contributed by atoms with Gasteiger partial charge in [-0.1, -0.05) is 11.6 Å². The molecule has 27 heavy (non-hydrogen) atoms. The van der Waals surface area contributed by atoms with E-state index in [-0.39, 0.29) is 12.1 Å². The first-order valence-corrected chi connectivity index (χ1v) is 9.67. The monoisotopic (exact) mass is 392 g/mol. The fourth-order valence-corrected chi connectivity index (χ4v) is 3.76. The SMILES string of the molecule is CC(C)(C)OC(=O)N1CC(n2ncc3cc(Cl)cc(N4CCOCC4)c32)C1. The van der Waals surface area contributed by atoms with Crippen LogP contribution in [0.25, 0.3) is 10.9 Å². The maximum Gasteiger partial charge on any atom is 0.410 e. The van der Waals surface area contributed by atoms with Gasteiger partial charge in [0, 0.05) is 36.6 Å². The second kappa shape index (κ2) is 6.87. The number of halogens is 1. The maximum absolute atomic E-state index is 12.2. The third-order valence-corrected chi connectivity index (χ3v) is 5.06. The van der Waals surface area contributed by atoms with Crippen LogP contribution in [0.5, 0.6) is 0 Å². The molecule has 0 atom stereocenters. The number of likely N-dealkylation sites (tertiary alicyclic amines) is 1. The van der Waals surface area contributed by atoms with Gasteiger partial charge >= 0.3 is 6.09 Å². The van der Waals surface area contributed by atoms with Crippen molar-refractivity contribution in [2.45, 2.75) is 32.4 Å². The topological polar surface area (TPSA) is 59.8 Å². The number of hydrogen-bond donors (Lipinski definition) is 0. The van der Waals surface area contributed by atoms with E-state index in [4.69, 9.17) is 21.1 Å². The van der Waals surface area contributed by atoms with Crippen LogP contribution in [0.4, 0.5) is 10.5 Å². The van der Waals surface area contributed by atoms with Crippen LogP contribution in [0.3, 0.4) is 0 Å². The maximum atomic E-state index is 12.2. The first-order chi connectivity index (χ1) is 12.8. The summed E-state index contributed by atoms with van der Waals surface area (Å²) >= 11 is 6.34. The molecule has 0 aliphatic carbocycles. The number of nitrogens with zero attached hydrogens (tertiary/aromatic N) is 4. The molecule has 1 amide bonds. The summed E-state index contributed by atoms with van der Waals surface area (Å²) in [6.07, 6.45) is 1.58. The summed E-state index contributed by atoms with van der Waals surface area (Å²) in [6.45, 7) is 9.89. The number of fused-ring (bicyclic) bond motifs is 1. The Morgan fingerprint density at radius 1 is 1.26 bits per heavy atom. The van der Waals surface area contributed by atoms with Gasteiger partial charge in [0.2, 0.25) is 0 Å². The van der Waals surface area contributed by atoms with Crippen molar-refractivity contribution < 1.29 is 14.3 Å². The lowest BCUT2D eigenvalue weighted by molar-refractivity contribution is 0.000162. The quantitative estimate of drug-likeness (QED) is 0.784. The van der Waals surface area contributed by atoms with E-state index >= 15 is 0 Å². The molecule has 0 N–H and O–H groups in total. The highest BCUT2D eigenvalue weighted by atomic mass is 35.5. The summed E-state index contributed by atoms with van der Waals surface area (Å²) in [4.78, 5) is 16.2. The summed E-state index contributed by atoms with van der Waals surface area (Å²) in [5.74, 6) is 0. The predicted molar refractivity (Wildman–Crippen MR) is 105 cm³/mol. The van der Waals surface area contributed by atoms with E-state index < -0.39 is 5.60 Å². The van der Waals surface area contributed by atoms with Crippen LogP contribution in [-0.4, -0.2) is 65.8 Å². The molecule has 3 heterocycles. The zero-order chi connectivity index (χ0) is 19.2. The molecule has 2 aliphatic heterocycles. The summed E-state index contributed by atoms with van der Waals surface area (Å²) in [5, 5.41) is 6.32. The first-order valence-electron chi connectivity index (χ1n) is 9.29. The Morgan fingerprint density at radius 2 is 1.96 bits per heavy atom. The molecule has 7 nitrogen and oxygen atoms in total. The van der Waals surface area contributed by atoms with Gasteiger partial charge in [0.1, 0.15) is 5.60 Å². The smallest absolute Gasteiger partial charge is 0.410 e. The van der Waals surface area contributed by atoms with Crippen molar-refractivity contribution in [1.29, 1.82) is 0 Å². The summed E-state index contributed by atoms with van der Waals surface area (Å²) in [6, 6.07) is 4.07. The van der Waals surface area contributed by atoms with Gasteiger partial charge in [-0.3, -0.25) is 4.68 Å². The predicted octanol–water partition coefficient (Wildman–Crippen LogP) is 3.32. The first kappa shape index (κ1) is 18.4. The summed E-state index contributed by atoms with van der Waals surface area (Å²) in [5.41, 5.74) is 1.66. The van der Waals surface area contributed by atoms with Crippen LogP contribution in [0.15, 0.2) is 18.3 Å². The molecule has 0 radical (unpaired) electrons. The van der Waals surface area contributed by atoms with E-state index in [0.29, 0.717) is 31.3 Å². The molecule has 2 fully saturated rings. The zero-order valence-corrected chi connectivity index (χ0v) is 16.7. The number of amides is 1. The van der Waals surface area contributed by atoms with Crippen molar-refractivity contribution in [2.75, 3.05) is 44.3 Å². The van der Waals surface area contributed by atoms with Gasteiger partial charge in [0.25, 0.3) is 0 Å². The lowest BCUT2D eigenvalue weighted by atomic mass is 10.1. The second-order valence-corrected chi connectivity index (χ2v) is 8.53. The number of carbonyl (C=O) groups excluding carboxylic acids is 1. The van der Waals surface area contributed by atoms with E-state index in [1.54, 1.807) is 4.90 Å². The van der Waals surface area contributed by atoms with Gasteiger partial charge in [0.05, 0.1) is 36.7 Å². The van der Waals surface area contributed by atoms with Gasteiger partial charge in [-0.2, -0.15) is 5.10 Å². The van der Waals surface area contributed by atoms with Gasteiger partial charge < -0.3 is 19.3 Å². The molecule has 146 valence electrons. The highest BCUT2D eigenvalue weighted by Crippen LogP contribution is 2.35. The Hall–Kier alpha value is -1.99. The Morgan fingerprint density at radius 3 is 2.63 bits per heavy atom. The third-order valence-electron chi connectivity index (χ3n) is 4.85. The van der Waals surface area contributed by atoms with E-state index in [0.717, 1.165) is 29.7 Å². The van der Waals surface area contributed by atoms with Crippen LogP contribution in [0.2, 0.25) is 5.02 Å². The van der Waals surface area contributed by atoms with E-state index in [2.05, 4.69) is 10.00 Å². The van der Waals surface area contributed by atoms with Gasteiger partial charge in [-0.25, -0.2) is 4.79 Å².